The molecular formula is C39H46FN3O7. The number of halogens is 1. The number of carbonyl (C=O) groups is 3. The molecule has 0 N–H and O–H groups in total. The summed E-state index contributed by atoms with van der Waals surface area (Å²) in [5.74, 6) is -0.511. The van der Waals surface area contributed by atoms with Gasteiger partial charge in [-0.1, -0.05) is 24.3 Å². The predicted molar refractivity (Wildman–Crippen MR) is 188 cm³/mol. The minimum atomic E-state index is -0.692. The van der Waals surface area contributed by atoms with Crippen LogP contribution in [0, 0.1) is 11.7 Å². The topological polar surface area (TPSA) is 97.9 Å². The van der Waals surface area contributed by atoms with Gasteiger partial charge in [-0.05, 0) is 93.8 Å². The van der Waals surface area contributed by atoms with Crippen LogP contribution in [0.2, 0.25) is 0 Å². The molecule has 0 spiro atoms. The number of carbonyl (C=O) groups excluding carboxylic acids is 3. The fourth-order valence-corrected chi connectivity index (χ4v) is 6.87. The summed E-state index contributed by atoms with van der Waals surface area (Å²) in [6.45, 7) is 6.96. The monoisotopic (exact) mass is 687 g/mol. The highest BCUT2D eigenvalue weighted by molar-refractivity contribution is 6.01. The van der Waals surface area contributed by atoms with E-state index in [1.165, 1.54) is 13.2 Å². The largest absolute Gasteiger partial charge is 0.497 e. The number of likely N-dealkylation sites (tertiary alicyclic amines) is 1. The molecular weight excluding hydrogens is 641 g/mol. The van der Waals surface area contributed by atoms with Gasteiger partial charge in [-0.25, -0.2) is 9.18 Å². The first kappa shape index (κ1) is 35.2. The van der Waals surface area contributed by atoms with Gasteiger partial charge in [0, 0.05) is 56.7 Å². The van der Waals surface area contributed by atoms with Crippen molar-refractivity contribution in [2.24, 2.45) is 5.92 Å². The Labute approximate surface area is 293 Å². The summed E-state index contributed by atoms with van der Waals surface area (Å²) in [5, 5.41) is 0. The molecule has 11 heteroatoms. The maximum Gasteiger partial charge on any atom is 0.410 e. The summed E-state index contributed by atoms with van der Waals surface area (Å²) < 4.78 is 37.1. The lowest BCUT2D eigenvalue weighted by Crippen LogP contribution is -2.51. The van der Waals surface area contributed by atoms with Crippen LogP contribution in [0.5, 0.6) is 11.5 Å². The van der Waals surface area contributed by atoms with Gasteiger partial charge >= 0.3 is 6.09 Å². The Bertz CT molecular complexity index is 1740. The second kappa shape index (κ2) is 14.7. The van der Waals surface area contributed by atoms with Crippen LogP contribution in [-0.2, 0) is 19.1 Å². The SMILES string of the molecule is COCCCN1C(=O)COc2ccc(N(C(=O)[C@H]3CN(C(=O)OC(C)(C)C)CC[C@@H]3c3cccc(-c4ccc(OC)cc4F)c3)C3CC3)cc21. The lowest BCUT2D eigenvalue weighted by Gasteiger charge is -2.41. The van der Waals surface area contributed by atoms with Gasteiger partial charge in [0.1, 0.15) is 22.9 Å². The van der Waals surface area contributed by atoms with Crippen LogP contribution in [0.15, 0.2) is 60.7 Å². The van der Waals surface area contributed by atoms with Crippen LogP contribution in [0.25, 0.3) is 11.1 Å². The average Bonchev–Trinajstić information content (AvgIpc) is 3.93. The fourth-order valence-electron chi connectivity index (χ4n) is 6.87. The van der Waals surface area contributed by atoms with Crippen LogP contribution < -0.4 is 19.3 Å². The summed E-state index contributed by atoms with van der Waals surface area (Å²) in [6.07, 6.45) is 2.39. The maximum atomic E-state index is 15.2. The van der Waals surface area contributed by atoms with Gasteiger partial charge in [0.05, 0.1) is 18.7 Å². The van der Waals surface area contributed by atoms with E-state index < -0.39 is 23.4 Å². The molecule has 0 unspecified atom stereocenters. The lowest BCUT2D eigenvalue weighted by molar-refractivity contribution is -0.124. The van der Waals surface area contributed by atoms with Gasteiger partial charge < -0.3 is 33.6 Å². The second-order valence-corrected chi connectivity index (χ2v) is 14.2. The van der Waals surface area contributed by atoms with E-state index in [0.29, 0.717) is 66.5 Å². The number of fused-ring (bicyclic) bond motifs is 1. The predicted octanol–water partition coefficient (Wildman–Crippen LogP) is 6.80. The lowest BCUT2D eigenvalue weighted by atomic mass is 9.78. The van der Waals surface area contributed by atoms with Gasteiger partial charge in [0.15, 0.2) is 6.61 Å². The molecule has 3 aromatic rings. The molecule has 1 aliphatic carbocycles. The zero-order chi connectivity index (χ0) is 35.6. The van der Waals surface area contributed by atoms with E-state index in [2.05, 4.69) is 0 Å². The number of anilines is 2. The van der Waals surface area contributed by atoms with Gasteiger partial charge in [-0.15, -0.1) is 0 Å². The maximum absolute atomic E-state index is 15.2. The zero-order valence-electron chi connectivity index (χ0n) is 29.4. The molecule has 266 valence electrons. The van der Waals surface area contributed by atoms with Crippen LogP contribution in [0.3, 0.4) is 0 Å². The van der Waals surface area contributed by atoms with Crippen molar-refractivity contribution in [3.05, 3.63) is 72.0 Å². The van der Waals surface area contributed by atoms with Crippen molar-refractivity contribution in [3.8, 4) is 22.6 Å². The summed E-state index contributed by atoms with van der Waals surface area (Å²) >= 11 is 0. The molecule has 50 heavy (non-hydrogen) atoms. The standard InChI is InChI=1S/C39H46FN3O7/c1-39(2,3)50-38(46)41-18-16-30(25-8-6-9-26(20-25)31-14-13-29(48-5)22-33(31)40)32(23-41)37(45)43(27-10-11-27)28-12-15-35-34(21-28)42(17-7-19-47-4)36(44)24-49-35/h6,8-9,12-15,20-22,27,30,32H,7,10-11,16-19,23-24H2,1-5H3/t30-,32+/m1/s1. The number of hydrogen-bond donors (Lipinski definition) is 0. The highest BCUT2D eigenvalue weighted by Gasteiger charge is 2.44. The first-order valence-corrected chi connectivity index (χ1v) is 17.3. The summed E-state index contributed by atoms with van der Waals surface area (Å²) in [7, 11) is 3.12. The van der Waals surface area contributed by atoms with Gasteiger partial charge in [-0.3, -0.25) is 9.59 Å². The number of rotatable bonds is 10. The molecule has 2 fully saturated rings. The molecule has 1 saturated heterocycles. The van der Waals surface area contributed by atoms with Crippen molar-refractivity contribution in [3.63, 3.8) is 0 Å². The van der Waals surface area contributed by atoms with E-state index in [0.717, 1.165) is 18.4 Å². The van der Waals surface area contributed by atoms with Gasteiger partial charge in [0.2, 0.25) is 5.91 Å². The van der Waals surface area contributed by atoms with Crippen LogP contribution in [0.4, 0.5) is 20.6 Å². The Morgan fingerprint density at radius 1 is 1.02 bits per heavy atom. The molecule has 0 aromatic heterocycles. The van der Waals surface area contributed by atoms with E-state index >= 15 is 4.39 Å². The molecule has 6 rings (SSSR count). The van der Waals surface area contributed by atoms with Gasteiger partial charge in [-0.2, -0.15) is 0 Å². The third kappa shape index (κ3) is 7.72. The van der Waals surface area contributed by atoms with Crippen LogP contribution >= 0.6 is 0 Å². The van der Waals surface area contributed by atoms with Crippen molar-refractivity contribution in [2.75, 3.05) is 56.9 Å². The second-order valence-electron chi connectivity index (χ2n) is 14.2. The highest BCUT2D eigenvalue weighted by Crippen LogP contribution is 2.43. The molecule has 10 nitrogen and oxygen atoms in total. The molecule has 0 radical (unpaired) electrons. The molecule has 2 aliphatic heterocycles. The van der Waals surface area contributed by atoms with Crippen molar-refractivity contribution in [1.29, 1.82) is 0 Å². The molecule has 2 heterocycles. The number of nitrogens with zero attached hydrogens (tertiary/aromatic N) is 3. The Morgan fingerprint density at radius 3 is 2.52 bits per heavy atom. The number of hydrogen-bond acceptors (Lipinski definition) is 7. The van der Waals surface area contributed by atoms with E-state index in [9.17, 15) is 14.4 Å². The number of piperidine rings is 1. The minimum absolute atomic E-state index is 0.0139. The number of benzene rings is 3. The molecule has 3 aliphatic rings. The molecule has 2 atom stereocenters. The Morgan fingerprint density at radius 2 is 1.82 bits per heavy atom. The first-order chi connectivity index (χ1) is 24.0. The normalized spacial score (nSPS) is 19.0. The van der Waals surface area contributed by atoms with Crippen molar-refractivity contribution >= 4 is 29.3 Å². The molecule has 1 saturated carbocycles. The number of methoxy groups -OCH3 is 2. The Hall–Kier alpha value is -4.64. The van der Waals surface area contributed by atoms with Gasteiger partial charge in [0.25, 0.3) is 5.91 Å². The summed E-state index contributed by atoms with van der Waals surface area (Å²) in [4.78, 5) is 46.4. The van der Waals surface area contributed by atoms with E-state index in [1.807, 2.05) is 68.1 Å². The average molecular weight is 688 g/mol. The quantitative estimate of drug-likeness (QED) is 0.216. The van der Waals surface area contributed by atoms with Crippen molar-refractivity contribution in [2.45, 2.75) is 64.0 Å². The van der Waals surface area contributed by atoms with Crippen LogP contribution in [-0.4, -0.2) is 81.5 Å². The summed E-state index contributed by atoms with van der Waals surface area (Å²) in [5.41, 5.74) is 2.62. The van der Waals surface area contributed by atoms with Crippen LogP contribution in [0.1, 0.15) is 57.9 Å². The zero-order valence-corrected chi connectivity index (χ0v) is 29.4. The third-order valence-corrected chi connectivity index (χ3v) is 9.43. The smallest absolute Gasteiger partial charge is 0.410 e. The Balaban J connectivity index is 1.36. The summed E-state index contributed by atoms with van der Waals surface area (Å²) in [6, 6.07) is 18.0. The molecule has 3 amide bonds. The number of amides is 3. The minimum Gasteiger partial charge on any atom is -0.497 e. The Kier molecular flexibility index (Phi) is 10.3. The molecule has 0 bridgehead atoms. The van der Waals surface area contributed by atoms with E-state index in [4.69, 9.17) is 18.9 Å². The highest BCUT2D eigenvalue weighted by atomic mass is 19.1. The van der Waals surface area contributed by atoms with Crippen molar-refractivity contribution < 1.29 is 37.7 Å². The molecule has 3 aromatic carbocycles. The van der Waals surface area contributed by atoms with E-state index in [-0.39, 0.29) is 36.9 Å². The third-order valence-electron chi connectivity index (χ3n) is 9.43. The first-order valence-electron chi connectivity index (χ1n) is 17.3. The fraction of sp³-hybridized carbons (Fsp3) is 0.462. The number of ether oxygens (including phenoxy) is 4. The van der Waals surface area contributed by atoms with Crippen molar-refractivity contribution in [1.82, 2.24) is 4.90 Å². The van der Waals surface area contributed by atoms with E-state index in [1.54, 1.807) is 29.0 Å².